The van der Waals surface area contributed by atoms with Gasteiger partial charge in [-0.2, -0.15) is 4.98 Å². The number of ether oxygens (including phenoxy) is 1. The van der Waals surface area contributed by atoms with Gasteiger partial charge < -0.3 is 29.7 Å². The van der Waals surface area contributed by atoms with Gasteiger partial charge in [0.2, 0.25) is 17.8 Å². The van der Waals surface area contributed by atoms with E-state index in [0.717, 1.165) is 89.3 Å². The first kappa shape index (κ1) is 48.0. The minimum Gasteiger partial charge on any atom is -0.494 e. The average Bonchev–Trinajstić information content (AvgIpc) is 3.29. The number of carbonyl (C=O) groups excluding carboxylic acids is 2. The highest BCUT2D eigenvalue weighted by Crippen LogP contribution is 2.43. The van der Waals surface area contributed by atoms with Crippen LogP contribution in [-0.2, 0) is 20.6 Å². The summed E-state index contributed by atoms with van der Waals surface area (Å²) in [6, 6.07) is 12.5. The van der Waals surface area contributed by atoms with Crippen molar-refractivity contribution in [2.45, 2.75) is 76.7 Å². The molecular weight excluding hydrogens is 958 g/mol. The Hall–Kier alpha value is -5.09. The monoisotopic (exact) mass is 1020 g/mol. The quantitative estimate of drug-likeness (QED) is 0.0765. The number of amides is 2. The van der Waals surface area contributed by atoms with Gasteiger partial charge in [-0.1, -0.05) is 6.92 Å². The van der Waals surface area contributed by atoms with E-state index in [0.29, 0.717) is 61.4 Å². The van der Waals surface area contributed by atoms with Gasteiger partial charge in [-0.05, 0) is 147 Å². The largest absolute Gasteiger partial charge is 0.494 e. The number of hydrogen-bond donors (Lipinski definition) is 3. The summed E-state index contributed by atoms with van der Waals surface area (Å²) in [4.78, 5) is 45.2. The van der Waals surface area contributed by atoms with E-state index in [4.69, 9.17) is 9.72 Å². The maximum Gasteiger partial charge on any atom is 0.234 e. The lowest BCUT2D eigenvalue weighted by molar-refractivity contribution is -0.134. The lowest BCUT2D eigenvalue weighted by Gasteiger charge is -2.49. The Labute approximate surface area is 403 Å². The van der Waals surface area contributed by atoms with Crippen molar-refractivity contribution in [3.63, 3.8) is 0 Å². The van der Waals surface area contributed by atoms with E-state index in [1.165, 1.54) is 23.8 Å². The molecule has 2 amide bonds. The van der Waals surface area contributed by atoms with Gasteiger partial charge in [0.05, 0.1) is 40.1 Å². The summed E-state index contributed by atoms with van der Waals surface area (Å²) in [6.07, 6.45) is 6.41. The smallest absolute Gasteiger partial charge is 0.234 e. The van der Waals surface area contributed by atoms with Gasteiger partial charge in [-0.25, -0.2) is 18.2 Å². The summed E-state index contributed by atoms with van der Waals surface area (Å²) in [5.41, 5.74) is 4.84. The summed E-state index contributed by atoms with van der Waals surface area (Å²) >= 11 is 3.57. The Bertz CT molecular complexity index is 2790. The first-order valence-electron chi connectivity index (χ1n) is 23.5. The molecule has 68 heavy (non-hydrogen) atoms. The molecule has 18 heteroatoms. The number of carbonyl (C=O) groups is 2. The zero-order chi connectivity index (χ0) is 48.0. The van der Waals surface area contributed by atoms with Crippen molar-refractivity contribution < 1.29 is 32.1 Å². The second-order valence-electron chi connectivity index (χ2n) is 19.1. The Kier molecular flexibility index (Phi) is 13.9. The number of fused-ring (bicyclic) bond motifs is 1. The number of aryl methyl sites for hydroxylation is 2. The van der Waals surface area contributed by atoms with Crippen LogP contribution in [0.5, 0.6) is 5.75 Å². The minimum absolute atomic E-state index is 0.0568. The molecule has 6 heterocycles. The molecule has 2 aromatic heterocycles. The number of halogens is 4. The molecule has 3 N–H and O–H groups in total. The summed E-state index contributed by atoms with van der Waals surface area (Å²) in [5.74, 6) is -1.83. The number of nitrogens with zero attached hydrogens (tertiary/aromatic N) is 6. The minimum atomic E-state index is -2.92. The summed E-state index contributed by atoms with van der Waals surface area (Å²) < 4.78 is 65.4. The Morgan fingerprint density at radius 3 is 2.28 bits per heavy atom. The van der Waals surface area contributed by atoms with Crippen molar-refractivity contribution in [1.29, 1.82) is 0 Å². The van der Waals surface area contributed by atoms with E-state index < -0.39 is 42.3 Å². The second kappa shape index (κ2) is 19.7. The number of hydrogen-bond acceptors (Lipinski definition) is 12. The fourth-order valence-electron chi connectivity index (χ4n) is 10.7. The molecule has 4 saturated heterocycles. The van der Waals surface area contributed by atoms with Crippen LogP contribution in [-0.4, -0.2) is 109 Å². The molecule has 0 aliphatic carbocycles. The second-order valence-corrected chi connectivity index (χ2v) is 23.1. The van der Waals surface area contributed by atoms with Gasteiger partial charge in [0.1, 0.15) is 36.2 Å². The van der Waals surface area contributed by atoms with Crippen LogP contribution in [0, 0.1) is 30.3 Å². The normalized spacial score (nSPS) is 19.3. The molecule has 9 rings (SSSR count). The van der Waals surface area contributed by atoms with Crippen LogP contribution >= 0.6 is 23.1 Å². The molecule has 5 aromatic rings. The number of likely N-dealkylation sites (tertiary alicyclic amines) is 2. The summed E-state index contributed by atoms with van der Waals surface area (Å²) in [5, 5.41) is 9.88. The van der Waals surface area contributed by atoms with Gasteiger partial charge in [0.15, 0.2) is 0 Å². The van der Waals surface area contributed by atoms with Crippen molar-refractivity contribution in [3.8, 4) is 5.75 Å². The molecule has 0 spiro atoms. The standard InChI is InChI=1S/C50H58BrF3N9O4P/c1-6-30-21-42(58-50-55-24-36(51)48(60-50)57-41-9-8-40-35(47(41)68(4,5)66)22-37(52)28(2)56-40)44(67-3)23-43(30)62-17-13-33(14-18-62)63-26-29(27-63)25-61-15-11-31(12-16-61)32-19-38(53)46(39(54)20-32)34-7-10-45(64)59-49(34)65/h8-9,19-24,29,31,33-34H,6-7,10-18,25-27H2,1-5H3,(H,59,64,65)(H2,55,57,58,60)/t34-/m1/s1. The van der Waals surface area contributed by atoms with Crippen molar-refractivity contribution in [1.82, 2.24) is 30.1 Å². The van der Waals surface area contributed by atoms with Crippen LogP contribution in [0.2, 0.25) is 0 Å². The molecular formula is C50H58BrF3N9O4P. The number of rotatable bonds is 13. The fourth-order valence-corrected chi connectivity index (χ4v) is 12.4. The van der Waals surface area contributed by atoms with E-state index in [1.807, 2.05) is 0 Å². The van der Waals surface area contributed by atoms with Gasteiger partial charge in [-0.15, -0.1) is 0 Å². The SMILES string of the molecule is CCc1cc(Nc2ncc(Br)c(Nc3ccc4nc(C)c(F)cc4c3P(C)(C)=O)n2)c(OC)cc1N1CCC(N2CC(CN3CCC(c4cc(F)c([C@H]5CCC(=O)NC5=O)c(F)c4)CC3)C2)CC1. The molecule has 4 aliphatic heterocycles. The Morgan fingerprint density at radius 1 is 0.897 bits per heavy atom. The lowest BCUT2D eigenvalue weighted by Crippen LogP contribution is -2.58. The van der Waals surface area contributed by atoms with Crippen LogP contribution in [0.4, 0.5) is 42.0 Å². The molecule has 4 aliphatic rings. The molecule has 13 nitrogen and oxygen atoms in total. The van der Waals surface area contributed by atoms with Crippen molar-refractivity contribution in [3.05, 3.63) is 93.0 Å². The molecule has 0 saturated carbocycles. The van der Waals surface area contributed by atoms with Crippen LogP contribution < -0.4 is 30.9 Å². The number of methoxy groups -OCH3 is 1. The highest BCUT2D eigenvalue weighted by atomic mass is 79.9. The molecule has 0 radical (unpaired) electrons. The lowest BCUT2D eigenvalue weighted by atomic mass is 9.84. The van der Waals surface area contributed by atoms with Crippen LogP contribution in [0.25, 0.3) is 10.9 Å². The van der Waals surface area contributed by atoms with Gasteiger partial charge in [0, 0.05) is 79.4 Å². The number of anilines is 5. The van der Waals surface area contributed by atoms with Crippen LogP contribution in [0.15, 0.2) is 53.1 Å². The van der Waals surface area contributed by atoms with Crippen LogP contribution in [0.3, 0.4) is 0 Å². The van der Waals surface area contributed by atoms with Gasteiger partial charge >= 0.3 is 0 Å². The fraction of sp³-hybridized carbons (Fsp3) is 0.460. The number of imide groups is 1. The molecule has 1 atom stereocenters. The predicted molar refractivity (Wildman–Crippen MR) is 264 cm³/mol. The highest BCUT2D eigenvalue weighted by molar-refractivity contribution is 9.10. The molecule has 0 bridgehead atoms. The van der Waals surface area contributed by atoms with E-state index >= 15 is 8.78 Å². The van der Waals surface area contributed by atoms with Crippen molar-refractivity contribution >= 4 is 79.9 Å². The average molecular weight is 1020 g/mol. The van der Waals surface area contributed by atoms with Gasteiger partial charge in [0.25, 0.3) is 0 Å². The van der Waals surface area contributed by atoms with E-state index in [9.17, 15) is 18.5 Å². The van der Waals surface area contributed by atoms with Gasteiger partial charge in [-0.3, -0.25) is 24.8 Å². The zero-order valence-corrected chi connectivity index (χ0v) is 41.6. The molecule has 4 fully saturated rings. The first-order chi connectivity index (χ1) is 32.6. The van der Waals surface area contributed by atoms with Crippen molar-refractivity contribution in [2.24, 2.45) is 5.92 Å². The molecule has 360 valence electrons. The maximum atomic E-state index is 15.3. The zero-order valence-electron chi connectivity index (χ0n) is 39.1. The highest BCUT2D eigenvalue weighted by Gasteiger charge is 2.37. The summed E-state index contributed by atoms with van der Waals surface area (Å²) in [6.45, 7) is 13.9. The van der Waals surface area contributed by atoms with E-state index in [1.54, 1.807) is 45.7 Å². The first-order valence-corrected chi connectivity index (χ1v) is 26.9. The number of pyridine rings is 1. The molecule has 0 unspecified atom stereocenters. The Balaban J connectivity index is 0.780. The maximum absolute atomic E-state index is 15.3. The topological polar surface area (TPSA) is 145 Å². The van der Waals surface area contributed by atoms with E-state index in [2.05, 4.69) is 75.6 Å². The third-order valence-corrected chi connectivity index (χ3v) is 16.4. The van der Waals surface area contributed by atoms with E-state index in [-0.39, 0.29) is 30.0 Å². The number of piperidine rings is 3. The van der Waals surface area contributed by atoms with Crippen molar-refractivity contribution in [2.75, 3.05) is 81.8 Å². The number of nitrogens with one attached hydrogen (secondary N) is 3. The predicted octanol–water partition coefficient (Wildman–Crippen LogP) is 9.12. The molecule has 3 aromatic carbocycles. The Morgan fingerprint density at radius 2 is 1.62 bits per heavy atom. The number of benzene rings is 3. The third kappa shape index (κ3) is 9.99. The summed E-state index contributed by atoms with van der Waals surface area (Å²) in [7, 11) is -1.27. The van der Waals surface area contributed by atoms with Crippen LogP contribution in [0.1, 0.15) is 79.7 Å². The third-order valence-electron chi connectivity index (χ3n) is 14.2. The number of aromatic nitrogens is 3.